The summed E-state index contributed by atoms with van der Waals surface area (Å²) in [7, 11) is 0. The van der Waals surface area contributed by atoms with Crippen molar-refractivity contribution in [3.63, 3.8) is 0 Å². The van der Waals surface area contributed by atoms with Crippen LogP contribution >= 0.6 is 0 Å². The van der Waals surface area contributed by atoms with Crippen molar-refractivity contribution in [1.29, 1.82) is 0 Å². The van der Waals surface area contributed by atoms with Gasteiger partial charge in [0.25, 0.3) is 0 Å². The van der Waals surface area contributed by atoms with Crippen molar-refractivity contribution in [2.45, 2.75) is 72.1 Å². The van der Waals surface area contributed by atoms with Crippen molar-refractivity contribution in [1.82, 2.24) is 5.32 Å². The van der Waals surface area contributed by atoms with Crippen molar-refractivity contribution >= 4 is 5.91 Å². The zero-order chi connectivity index (χ0) is 14.4. The molecular formula is C16H32N2O. The molecule has 0 spiro atoms. The van der Waals surface area contributed by atoms with Gasteiger partial charge in [0.15, 0.2) is 0 Å². The van der Waals surface area contributed by atoms with Gasteiger partial charge in [0.2, 0.25) is 5.91 Å². The maximum absolute atomic E-state index is 12.0. The summed E-state index contributed by atoms with van der Waals surface area (Å²) in [5, 5.41) is 3.16. The number of rotatable bonds is 8. The van der Waals surface area contributed by atoms with E-state index in [0.29, 0.717) is 18.4 Å². The van der Waals surface area contributed by atoms with Crippen LogP contribution in [0.15, 0.2) is 0 Å². The Morgan fingerprint density at radius 2 is 1.89 bits per heavy atom. The molecule has 1 aliphatic carbocycles. The van der Waals surface area contributed by atoms with Crippen LogP contribution in [0.2, 0.25) is 0 Å². The quantitative estimate of drug-likeness (QED) is 0.710. The molecule has 112 valence electrons. The SMILES string of the molecule is CCC1(CNC(=O)CCC(C)(C)CCN)CCCC1. The summed E-state index contributed by atoms with van der Waals surface area (Å²) in [6.07, 6.45) is 8.94. The smallest absolute Gasteiger partial charge is 0.220 e. The maximum atomic E-state index is 12.0. The molecule has 3 nitrogen and oxygen atoms in total. The minimum atomic E-state index is 0.182. The van der Waals surface area contributed by atoms with Crippen LogP contribution in [0.5, 0.6) is 0 Å². The van der Waals surface area contributed by atoms with E-state index in [4.69, 9.17) is 5.73 Å². The Balaban J connectivity index is 2.28. The van der Waals surface area contributed by atoms with Gasteiger partial charge in [0.1, 0.15) is 0 Å². The highest BCUT2D eigenvalue weighted by atomic mass is 16.1. The summed E-state index contributed by atoms with van der Waals surface area (Å²) in [4.78, 5) is 12.0. The van der Waals surface area contributed by atoms with Gasteiger partial charge in [-0.2, -0.15) is 0 Å². The van der Waals surface area contributed by atoms with E-state index in [1.807, 2.05) is 0 Å². The van der Waals surface area contributed by atoms with Crippen molar-refractivity contribution in [2.75, 3.05) is 13.1 Å². The predicted octanol–water partition coefficient (Wildman–Crippen LogP) is 3.23. The lowest BCUT2D eigenvalue weighted by Crippen LogP contribution is -2.36. The van der Waals surface area contributed by atoms with Gasteiger partial charge in [-0.15, -0.1) is 0 Å². The number of nitrogens with two attached hydrogens (primary N) is 1. The lowest BCUT2D eigenvalue weighted by Gasteiger charge is -2.28. The largest absolute Gasteiger partial charge is 0.356 e. The van der Waals surface area contributed by atoms with Crippen LogP contribution < -0.4 is 11.1 Å². The molecule has 0 radical (unpaired) electrons. The molecule has 19 heavy (non-hydrogen) atoms. The van der Waals surface area contributed by atoms with Gasteiger partial charge in [-0.1, -0.05) is 33.6 Å². The zero-order valence-corrected chi connectivity index (χ0v) is 13.1. The van der Waals surface area contributed by atoms with E-state index in [-0.39, 0.29) is 11.3 Å². The average Bonchev–Trinajstić information content (AvgIpc) is 2.83. The third-order valence-electron chi connectivity index (χ3n) is 4.92. The third-order valence-corrected chi connectivity index (χ3v) is 4.92. The second kappa shape index (κ2) is 7.28. The molecule has 0 bridgehead atoms. The van der Waals surface area contributed by atoms with Crippen LogP contribution in [0.3, 0.4) is 0 Å². The molecule has 0 heterocycles. The van der Waals surface area contributed by atoms with Gasteiger partial charge >= 0.3 is 0 Å². The van der Waals surface area contributed by atoms with Crippen LogP contribution in [0, 0.1) is 10.8 Å². The van der Waals surface area contributed by atoms with Crippen LogP contribution in [0.1, 0.15) is 72.1 Å². The van der Waals surface area contributed by atoms with Crippen molar-refractivity contribution < 1.29 is 4.79 Å². The standard InChI is InChI=1S/C16H32N2O/c1-4-16(8-5-6-9-16)13-18-14(19)7-10-15(2,3)11-12-17/h4-13,17H2,1-3H3,(H,18,19). The molecule has 1 aliphatic rings. The summed E-state index contributed by atoms with van der Waals surface area (Å²) in [5.41, 5.74) is 6.17. The van der Waals surface area contributed by atoms with E-state index >= 15 is 0 Å². The molecule has 1 saturated carbocycles. The number of carbonyl (C=O) groups is 1. The van der Waals surface area contributed by atoms with Gasteiger partial charge in [0.05, 0.1) is 0 Å². The van der Waals surface area contributed by atoms with E-state index in [1.165, 1.54) is 32.1 Å². The fraction of sp³-hybridized carbons (Fsp3) is 0.938. The second-order valence-electron chi connectivity index (χ2n) is 7.04. The topological polar surface area (TPSA) is 55.1 Å². The van der Waals surface area contributed by atoms with Crippen molar-refractivity contribution in [3.8, 4) is 0 Å². The molecule has 1 amide bonds. The molecule has 0 saturated heterocycles. The van der Waals surface area contributed by atoms with Crippen LogP contribution in [0.25, 0.3) is 0 Å². The Hall–Kier alpha value is -0.570. The van der Waals surface area contributed by atoms with Crippen LogP contribution in [-0.4, -0.2) is 19.0 Å². The van der Waals surface area contributed by atoms with Gasteiger partial charge in [-0.3, -0.25) is 4.79 Å². The monoisotopic (exact) mass is 268 g/mol. The number of hydrogen-bond donors (Lipinski definition) is 2. The Morgan fingerprint density at radius 3 is 2.42 bits per heavy atom. The highest BCUT2D eigenvalue weighted by Crippen LogP contribution is 2.40. The predicted molar refractivity (Wildman–Crippen MR) is 80.9 cm³/mol. The first-order chi connectivity index (χ1) is 8.93. The van der Waals surface area contributed by atoms with Gasteiger partial charge in [0, 0.05) is 13.0 Å². The first-order valence-electron chi connectivity index (χ1n) is 7.90. The van der Waals surface area contributed by atoms with Crippen LogP contribution in [-0.2, 0) is 4.79 Å². The molecule has 0 aromatic carbocycles. The Kier molecular flexibility index (Phi) is 6.31. The maximum Gasteiger partial charge on any atom is 0.220 e. The molecule has 0 unspecified atom stereocenters. The second-order valence-corrected chi connectivity index (χ2v) is 7.04. The number of carbonyl (C=O) groups excluding carboxylic acids is 1. The summed E-state index contributed by atoms with van der Waals surface area (Å²) >= 11 is 0. The van der Waals surface area contributed by atoms with Crippen molar-refractivity contribution in [2.24, 2.45) is 16.6 Å². The fourth-order valence-corrected chi connectivity index (χ4v) is 3.12. The Bertz CT molecular complexity index is 280. The van der Waals surface area contributed by atoms with Crippen LogP contribution in [0.4, 0.5) is 0 Å². The molecule has 0 atom stereocenters. The Labute approximate surface area is 118 Å². The fourth-order valence-electron chi connectivity index (χ4n) is 3.12. The van der Waals surface area contributed by atoms with E-state index < -0.39 is 0 Å². The first-order valence-corrected chi connectivity index (χ1v) is 7.90. The van der Waals surface area contributed by atoms with Gasteiger partial charge < -0.3 is 11.1 Å². The average molecular weight is 268 g/mol. The summed E-state index contributed by atoms with van der Waals surface area (Å²) in [6.45, 7) is 8.21. The number of nitrogens with one attached hydrogen (secondary N) is 1. The third kappa shape index (κ3) is 5.52. The minimum absolute atomic E-state index is 0.182. The summed E-state index contributed by atoms with van der Waals surface area (Å²) < 4.78 is 0. The Morgan fingerprint density at radius 1 is 1.26 bits per heavy atom. The molecule has 3 heteroatoms. The molecular weight excluding hydrogens is 236 g/mol. The molecule has 0 aromatic heterocycles. The van der Waals surface area contributed by atoms with Gasteiger partial charge in [-0.05, 0) is 49.5 Å². The lowest BCUT2D eigenvalue weighted by atomic mass is 9.83. The van der Waals surface area contributed by atoms with E-state index in [2.05, 4.69) is 26.1 Å². The molecule has 1 fully saturated rings. The van der Waals surface area contributed by atoms with E-state index in [1.54, 1.807) is 0 Å². The first kappa shape index (κ1) is 16.5. The minimum Gasteiger partial charge on any atom is -0.356 e. The molecule has 1 rings (SSSR count). The molecule has 3 N–H and O–H groups in total. The van der Waals surface area contributed by atoms with Crippen molar-refractivity contribution in [3.05, 3.63) is 0 Å². The molecule has 0 aromatic rings. The highest BCUT2D eigenvalue weighted by molar-refractivity contribution is 5.75. The summed E-state index contributed by atoms with van der Waals surface area (Å²) in [5.74, 6) is 0.213. The normalized spacial score (nSPS) is 18.5. The number of hydrogen-bond acceptors (Lipinski definition) is 2. The highest BCUT2D eigenvalue weighted by Gasteiger charge is 2.32. The van der Waals surface area contributed by atoms with E-state index in [9.17, 15) is 4.79 Å². The zero-order valence-electron chi connectivity index (χ0n) is 13.1. The van der Waals surface area contributed by atoms with E-state index in [0.717, 1.165) is 19.4 Å². The summed E-state index contributed by atoms with van der Waals surface area (Å²) in [6, 6.07) is 0. The number of amides is 1. The van der Waals surface area contributed by atoms with Gasteiger partial charge in [-0.25, -0.2) is 0 Å². The molecule has 0 aliphatic heterocycles. The lowest BCUT2D eigenvalue weighted by molar-refractivity contribution is -0.122.